The van der Waals surface area contributed by atoms with Gasteiger partial charge in [0.1, 0.15) is 23.3 Å². The Morgan fingerprint density at radius 2 is 1.10 bits per heavy atom. The van der Waals surface area contributed by atoms with Crippen molar-refractivity contribution in [1.82, 2.24) is 20.3 Å². The number of nitrogens with zero attached hydrogens (tertiary/aromatic N) is 7. The maximum Gasteiger partial charge on any atom is 0.394 e. The zero-order valence-electron chi connectivity index (χ0n) is 47.7. The Labute approximate surface area is 484 Å². The predicted molar refractivity (Wildman–Crippen MR) is 320 cm³/mol. The van der Waals surface area contributed by atoms with E-state index >= 15 is 0 Å². The number of hydrogen-bond donors (Lipinski definition) is 5. The van der Waals surface area contributed by atoms with E-state index in [1.54, 1.807) is 30.7 Å². The SMILES string of the molecule is C[C@@H]1CNC[C@H](CC(=O)OC(C)(C)C)C1.C[C@H]1C[C@@H](CC(=O)OC(C)(C)C)CN(c2ccc(C#N)c3ncccc23)C1.C[C@H]1C[C@@H](N)CN(c2ccc(C(N)=O)c3ncccc23)C1.N#Cc1ccc(Br)c2cccnc12.O=S(=O)(O)O. The van der Waals surface area contributed by atoms with Crippen molar-refractivity contribution in [2.24, 2.45) is 41.1 Å². The van der Waals surface area contributed by atoms with E-state index in [0.717, 1.165) is 102 Å². The summed E-state index contributed by atoms with van der Waals surface area (Å²) >= 11 is 3.41. The van der Waals surface area contributed by atoms with Gasteiger partial charge in [-0.2, -0.15) is 18.9 Å². The lowest BCUT2D eigenvalue weighted by atomic mass is 9.87. The lowest BCUT2D eigenvalue weighted by Crippen LogP contribution is -2.46. The van der Waals surface area contributed by atoms with Crippen molar-refractivity contribution >= 4 is 88.3 Å². The lowest BCUT2D eigenvalue weighted by Gasteiger charge is -2.38. The van der Waals surface area contributed by atoms with Crippen molar-refractivity contribution in [3.8, 4) is 12.1 Å². The largest absolute Gasteiger partial charge is 0.460 e. The first kappa shape index (κ1) is 65.0. The first-order valence-electron chi connectivity index (χ1n) is 27.0. The number of nitrogens with one attached hydrogen (secondary N) is 1. The third-order valence-electron chi connectivity index (χ3n) is 13.2. The summed E-state index contributed by atoms with van der Waals surface area (Å²) in [5.74, 6) is 1.76. The van der Waals surface area contributed by atoms with Gasteiger partial charge in [-0.15, -0.1) is 0 Å². The Kier molecular flexibility index (Phi) is 23.4. The van der Waals surface area contributed by atoms with Crippen molar-refractivity contribution in [1.29, 1.82) is 10.5 Å². The Morgan fingerprint density at radius 3 is 1.60 bits per heavy atom. The molecule has 9 rings (SSSR count). The maximum atomic E-state index is 12.3. The molecule has 6 heterocycles. The molecule has 81 heavy (non-hydrogen) atoms. The first-order chi connectivity index (χ1) is 38.0. The van der Waals surface area contributed by atoms with E-state index in [0.29, 0.717) is 58.7 Å². The second kappa shape index (κ2) is 29.2. The molecule has 3 aromatic heterocycles. The zero-order valence-corrected chi connectivity index (χ0v) is 50.1. The van der Waals surface area contributed by atoms with Crippen LogP contribution in [0.5, 0.6) is 0 Å². The summed E-state index contributed by atoms with van der Waals surface area (Å²) in [7, 11) is -4.67. The van der Waals surface area contributed by atoms with Gasteiger partial charge in [0, 0.05) is 89.2 Å². The number of pyridine rings is 3. The minimum Gasteiger partial charge on any atom is -0.460 e. The quantitative estimate of drug-likeness (QED) is 0.0733. The van der Waals surface area contributed by atoms with Crippen LogP contribution in [0, 0.1) is 52.3 Å². The molecule has 3 saturated heterocycles. The monoisotopic (exact) mass is 1190 g/mol. The Morgan fingerprint density at radius 1 is 0.654 bits per heavy atom. The number of nitriles is 2. The molecule has 0 radical (unpaired) electrons. The second-order valence-corrected chi connectivity index (χ2v) is 24.9. The molecular formula is C60H77BrN10O9S. The highest BCUT2D eigenvalue weighted by molar-refractivity contribution is 9.10. The highest BCUT2D eigenvalue weighted by Gasteiger charge is 2.30. The average Bonchev–Trinajstić information content (AvgIpc) is 3.42. The van der Waals surface area contributed by atoms with Gasteiger partial charge in [0.05, 0.1) is 39.7 Å². The summed E-state index contributed by atoms with van der Waals surface area (Å²) in [4.78, 5) is 52.9. The number of anilines is 2. The number of rotatable bonds is 7. The number of piperidine rings is 3. The summed E-state index contributed by atoms with van der Waals surface area (Å²) in [5.41, 5.74) is 16.7. The number of fused-ring (bicyclic) bond motifs is 3. The van der Waals surface area contributed by atoms with Crippen LogP contribution >= 0.6 is 15.9 Å². The molecule has 21 heteroatoms. The van der Waals surface area contributed by atoms with Crippen LogP contribution in [0.15, 0.2) is 95.9 Å². The van der Waals surface area contributed by atoms with Gasteiger partial charge in [0.15, 0.2) is 0 Å². The van der Waals surface area contributed by atoms with Crippen molar-refractivity contribution < 1.29 is 41.4 Å². The highest BCUT2D eigenvalue weighted by Crippen LogP contribution is 2.35. The van der Waals surface area contributed by atoms with Gasteiger partial charge in [-0.1, -0.05) is 42.8 Å². The number of hydrogen-bond acceptors (Lipinski definition) is 16. The van der Waals surface area contributed by atoms with Crippen LogP contribution in [-0.2, 0) is 29.5 Å². The molecule has 3 aliphatic rings. The predicted octanol–water partition coefficient (Wildman–Crippen LogP) is 9.99. The molecule has 3 aromatic carbocycles. The number of aromatic nitrogens is 3. The molecule has 6 aromatic rings. The average molecular weight is 1190 g/mol. The standard InChI is InChI=1S/C22H27N3O2.C16H20N4O.C12H23NO2.C10H5BrN2.H2O4S/c1-15-10-16(11-20(26)27-22(2,3)4)14-25(13-15)19-8-7-17(12-23)21-18(19)6-5-9-24-21;1-10-7-11(17)9-20(8-10)14-5-4-13(16(18)21)15-12(14)3-2-6-19-15;1-9-5-10(8-13-7-9)6-11(14)15-12(2,3)4;11-9-4-3-7(6-12)10-8(9)2-1-5-13-10;1-5(2,3)4/h5-9,15-16H,10-11,13-14H2,1-4H3;2-6,10-11H,7-9,17H2,1H3,(H2,18,21);9-10,13H,5-8H2,1-4H3;1-5H;(H2,1,2,3,4)/t15-,16-;10-,11+;9-,10-;;/m000../s1. The highest BCUT2D eigenvalue weighted by atomic mass is 79.9. The molecule has 1 amide bonds. The number of carbonyl (C=O) groups excluding carboxylic acids is 3. The van der Waals surface area contributed by atoms with Crippen molar-refractivity contribution in [3.63, 3.8) is 0 Å². The van der Waals surface area contributed by atoms with E-state index in [2.05, 4.69) is 78.9 Å². The summed E-state index contributed by atoms with van der Waals surface area (Å²) in [6.07, 6.45) is 9.27. The molecule has 0 bridgehead atoms. The number of amides is 1. The number of halogens is 1. The van der Waals surface area contributed by atoms with Crippen molar-refractivity contribution in [3.05, 3.63) is 113 Å². The molecule has 0 aliphatic carbocycles. The van der Waals surface area contributed by atoms with Crippen molar-refractivity contribution in [2.45, 2.75) is 112 Å². The van der Waals surface area contributed by atoms with Gasteiger partial charge in [-0.05, 0) is 170 Å². The Hall–Kier alpha value is -6.85. The van der Waals surface area contributed by atoms with E-state index < -0.39 is 21.9 Å². The Bertz CT molecular complexity index is 3320. The van der Waals surface area contributed by atoms with E-state index in [9.17, 15) is 19.6 Å². The molecule has 3 fully saturated rings. The fourth-order valence-corrected chi connectivity index (χ4v) is 10.9. The smallest absolute Gasteiger partial charge is 0.394 e. The molecule has 0 spiro atoms. The summed E-state index contributed by atoms with van der Waals surface area (Å²) in [5, 5.41) is 24.4. The van der Waals surface area contributed by atoms with Crippen LogP contribution in [0.1, 0.15) is 116 Å². The summed E-state index contributed by atoms with van der Waals surface area (Å²) < 4.78 is 43.4. The number of ether oxygens (including phenoxy) is 2. The molecule has 0 saturated carbocycles. The molecule has 3 aliphatic heterocycles. The van der Waals surface area contributed by atoms with Crippen LogP contribution in [0.4, 0.5) is 11.4 Å². The van der Waals surface area contributed by atoms with E-state index in [1.807, 2.05) is 102 Å². The number of benzene rings is 3. The zero-order chi connectivity index (χ0) is 59.8. The fraction of sp³-hybridized carbons (Fsp3) is 0.467. The maximum absolute atomic E-state index is 12.3. The van der Waals surface area contributed by atoms with Gasteiger partial charge in [0.2, 0.25) is 0 Å². The van der Waals surface area contributed by atoms with Gasteiger partial charge < -0.3 is 36.1 Å². The molecule has 0 unspecified atom stereocenters. The number of carbonyl (C=O) groups is 3. The molecule has 434 valence electrons. The fourth-order valence-electron chi connectivity index (χ4n) is 10.5. The van der Waals surface area contributed by atoms with Crippen LogP contribution < -0.4 is 26.6 Å². The van der Waals surface area contributed by atoms with Crippen LogP contribution in [0.3, 0.4) is 0 Å². The van der Waals surface area contributed by atoms with Crippen molar-refractivity contribution in [2.75, 3.05) is 49.1 Å². The first-order valence-corrected chi connectivity index (χ1v) is 29.2. The summed E-state index contributed by atoms with van der Waals surface area (Å²) in [6, 6.07) is 27.3. The van der Waals surface area contributed by atoms with E-state index in [-0.39, 0.29) is 29.5 Å². The third kappa shape index (κ3) is 20.9. The third-order valence-corrected chi connectivity index (χ3v) is 13.9. The van der Waals surface area contributed by atoms with E-state index in [1.165, 1.54) is 0 Å². The second-order valence-electron chi connectivity index (χ2n) is 23.2. The summed E-state index contributed by atoms with van der Waals surface area (Å²) in [6.45, 7) is 23.6. The van der Waals surface area contributed by atoms with Crippen LogP contribution in [-0.4, -0.2) is 107 Å². The van der Waals surface area contributed by atoms with Gasteiger partial charge >= 0.3 is 22.3 Å². The van der Waals surface area contributed by atoms with Gasteiger partial charge in [-0.25, -0.2) is 0 Å². The molecular weight excluding hydrogens is 1120 g/mol. The van der Waals surface area contributed by atoms with Gasteiger partial charge in [-0.3, -0.25) is 38.4 Å². The number of esters is 2. The van der Waals surface area contributed by atoms with E-state index in [4.69, 9.17) is 43.7 Å². The van der Waals surface area contributed by atoms with Gasteiger partial charge in [0.25, 0.3) is 5.91 Å². The van der Waals surface area contributed by atoms with Crippen LogP contribution in [0.2, 0.25) is 0 Å². The number of primary amides is 1. The minimum atomic E-state index is -4.67. The topological polar surface area (TPSA) is 301 Å². The normalized spacial score (nSPS) is 20.0. The lowest BCUT2D eigenvalue weighted by molar-refractivity contribution is -0.157. The minimum absolute atomic E-state index is 0.0663. The van der Waals surface area contributed by atoms with Crippen LogP contribution in [0.25, 0.3) is 32.7 Å². The molecule has 19 nitrogen and oxygen atoms in total. The molecule has 6 atom stereocenters. The molecule has 7 N–H and O–H groups in total. The number of nitrogens with two attached hydrogens (primary N) is 2. The Balaban J connectivity index is 0.000000199.